The molecule has 39 heavy (non-hydrogen) atoms. The zero-order valence-corrected chi connectivity index (χ0v) is 21.1. The molecule has 15 heteroatoms. The zero-order chi connectivity index (χ0) is 29.1. The Hall–Kier alpha value is -4.40. The molecule has 11 nitrogen and oxygen atoms in total. The molecule has 4 rings (SSSR count). The molecule has 0 unspecified atom stereocenters. The third kappa shape index (κ3) is 6.19. The van der Waals surface area contributed by atoms with E-state index in [1.165, 1.54) is 38.4 Å². The van der Waals surface area contributed by atoms with Crippen molar-refractivity contribution in [3.8, 4) is 0 Å². The number of anilines is 1. The molecule has 0 aliphatic carbocycles. The Labute approximate surface area is 222 Å². The first-order valence-corrected chi connectivity index (χ1v) is 11.9. The van der Waals surface area contributed by atoms with Crippen molar-refractivity contribution < 1.29 is 47.4 Å². The summed E-state index contributed by atoms with van der Waals surface area (Å²) in [6.07, 6.45) is -0.979. The van der Waals surface area contributed by atoms with E-state index in [9.17, 15) is 27.6 Å². The molecule has 2 aromatic heterocycles. The Morgan fingerprint density at radius 3 is 2.21 bits per heavy atom. The molecule has 2 atom stereocenters. The van der Waals surface area contributed by atoms with Gasteiger partial charge in [0.25, 0.3) is 5.78 Å². The standard InChI is InChI=1S/C22H19F3N4O3S.C2H2O4/c1-27(2)21(32)28-11-15(14-7-3-4-8-17(14)28)19(30)16-12-33-29(13-6-5-9-26-10-13)18(16)20(31)22(23,24)25;3-1(4)2(5)6/h3-11,16,18H,12H2,1-2H3;(H,3,4)(H,5,6)/t16-,18+;/m1./s1. The van der Waals surface area contributed by atoms with Gasteiger partial charge >= 0.3 is 24.1 Å². The average molecular weight is 567 g/mol. The number of benzene rings is 1. The van der Waals surface area contributed by atoms with Crippen LogP contribution in [0.3, 0.4) is 0 Å². The van der Waals surface area contributed by atoms with Gasteiger partial charge in [0, 0.05) is 43.2 Å². The SMILES string of the molecule is CN(C)C(=O)n1cc(C(=O)[C@@H]2CSN(c3cccnc3)[C@@H]2C(=O)C(F)(F)F)c2ccccc21.O=C(O)C(=O)O. The second-order valence-electron chi connectivity index (χ2n) is 8.33. The number of fused-ring (bicyclic) bond motifs is 1. The number of Topliss-reactive ketones (excluding diaryl/α,β-unsaturated/α-hetero) is 2. The molecule has 1 saturated heterocycles. The number of pyridine rings is 1. The molecule has 1 aliphatic heterocycles. The summed E-state index contributed by atoms with van der Waals surface area (Å²) in [4.78, 5) is 62.1. The first-order chi connectivity index (χ1) is 18.3. The monoisotopic (exact) mass is 566 g/mol. The number of carbonyl (C=O) groups excluding carboxylic acids is 3. The van der Waals surface area contributed by atoms with E-state index in [-0.39, 0.29) is 11.3 Å². The summed E-state index contributed by atoms with van der Waals surface area (Å²) in [5.41, 5.74) is 0.845. The Bertz CT molecular complexity index is 1410. The van der Waals surface area contributed by atoms with Crippen molar-refractivity contribution in [3.05, 3.63) is 60.6 Å². The lowest BCUT2D eigenvalue weighted by Crippen LogP contribution is -2.47. The fraction of sp³-hybridized carbons (Fsp3) is 0.250. The van der Waals surface area contributed by atoms with Gasteiger partial charge in [0.1, 0.15) is 6.04 Å². The maximum Gasteiger partial charge on any atom is 0.452 e. The van der Waals surface area contributed by atoms with E-state index in [0.29, 0.717) is 16.6 Å². The third-order valence-corrected chi connectivity index (χ3v) is 6.79. The molecular weight excluding hydrogens is 545 g/mol. The summed E-state index contributed by atoms with van der Waals surface area (Å²) in [5.74, 6) is -7.56. The van der Waals surface area contributed by atoms with E-state index in [0.717, 1.165) is 11.9 Å². The van der Waals surface area contributed by atoms with Crippen molar-refractivity contribution in [1.29, 1.82) is 0 Å². The lowest BCUT2D eigenvalue weighted by molar-refractivity contribution is -0.172. The highest BCUT2D eigenvalue weighted by Crippen LogP contribution is 2.41. The number of nitrogens with zero attached hydrogens (tertiary/aromatic N) is 4. The van der Waals surface area contributed by atoms with Crippen LogP contribution >= 0.6 is 11.9 Å². The molecule has 0 radical (unpaired) electrons. The Kier molecular flexibility index (Phi) is 8.64. The molecule has 1 aromatic carbocycles. The summed E-state index contributed by atoms with van der Waals surface area (Å²) in [5, 5.41) is 15.2. The van der Waals surface area contributed by atoms with Crippen LogP contribution < -0.4 is 4.31 Å². The van der Waals surface area contributed by atoms with Gasteiger partial charge in [-0.05, 0) is 30.1 Å². The van der Waals surface area contributed by atoms with E-state index in [1.807, 2.05) is 0 Å². The Morgan fingerprint density at radius 1 is 1.03 bits per heavy atom. The smallest absolute Gasteiger partial charge is 0.452 e. The lowest BCUT2D eigenvalue weighted by Gasteiger charge is -2.27. The summed E-state index contributed by atoms with van der Waals surface area (Å²) < 4.78 is 43.0. The Morgan fingerprint density at radius 2 is 1.67 bits per heavy atom. The predicted molar refractivity (Wildman–Crippen MR) is 134 cm³/mol. The van der Waals surface area contributed by atoms with E-state index in [2.05, 4.69) is 4.98 Å². The Balaban J connectivity index is 0.000000631. The van der Waals surface area contributed by atoms with Crippen molar-refractivity contribution in [1.82, 2.24) is 14.5 Å². The zero-order valence-electron chi connectivity index (χ0n) is 20.3. The van der Waals surface area contributed by atoms with Crippen molar-refractivity contribution in [2.75, 3.05) is 24.2 Å². The van der Waals surface area contributed by atoms with E-state index in [4.69, 9.17) is 19.8 Å². The fourth-order valence-electron chi connectivity index (χ4n) is 3.84. The maximum atomic E-state index is 13.6. The molecule has 2 N–H and O–H groups in total. The number of amides is 1. The number of hydrogen-bond acceptors (Lipinski definition) is 8. The minimum absolute atomic E-state index is 0.0264. The van der Waals surface area contributed by atoms with Crippen molar-refractivity contribution in [2.45, 2.75) is 12.2 Å². The van der Waals surface area contributed by atoms with Gasteiger partial charge in [0.05, 0.1) is 23.3 Å². The normalized spacial score (nSPS) is 16.8. The van der Waals surface area contributed by atoms with Crippen LogP contribution in [0.4, 0.5) is 23.7 Å². The van der Waals surface area contributed by atoms with Crippen molar-refractivity contribution >= 4 is 58.1 Å². The molecule has 3 heterocycles. The minimum Gasteiger partial charge on any atom is -0.473 e. The fourth-order valence-corrected chi connectivity index (χ4v) is 5.16. The molecule has 206 valence electrons. The highest BCUT2D eigenvalue weighted by molar-refractivity contribution is 8.01. The van der Waals surface area contributed by atoms with E-state index in [1.54, 1.807) is 44.4 Å². The predicted octanol–water partition coefficient (Wildman–Crippen LogP) is 3.19. The van der Waals surface area contributed by atoms with Gasteiger partial charge in [-0.2, -0.15) is 13.2 Å². The molecule has 1 fully saturated rings. The highest BCUT2D eigenvalue weighted by atomic mass is 32.2. The quantitative estimate of drug-likeness (QED) is 0.274. The summed E-state index contributed by atoms with van der Waals surface area (Å²) in [6.45, 7) is 0. The molecule has 0 bridgehead atoms. The molecule has 0 spiro atoms. The van der Waals surface area contributed by atoms with Crippen LogP contribution in [-0.4, -0.2) is 86.3 Å². The van der Waals surface area contributed by atoms with Crippen LogP contribution in [0.2, 0.25) is 0 Å². The van der Waals surface area contributed by atoms with Gasteiger partial charge in [-0.25, -0.2) is 14.4 Å². The van der Waals surface area contributed by atoms with Gasteiger partial charge in [0.2, 0.25) is 0 Å². The number of halogens is 3. The van der Waals surface area contributed by atoms with Gasteiger partial charge in [-0.3, -0.25) is 19.1 Å². The van der Waals surface area contributed by atoms with Crippen LogP contribution in [0.5, 0.6) is 0 Å². The van der Waals surface area contributed by atoms with Crippen LogP contribution in [-0.2, 0) is 14.4 Å². The van der Waals surface area contributed by atoms with E-state index < -0.39 is 47.7 Å². The minimum atomic E-state index is -5.12. The molecule has 3 aromatic rings. The number of carboxylic acids is 2. The lowest BCUT2D eigenvalue weighted by atomic mass is 9.89. The first-order valence-electron chi connectivity index (χ1n) is 11.0. The number of hydrogen-bond donors (Lipinski definition) is 2. The molecule has 1 amide bonds. The number of alkyl halides is 3. The van der Waals surface area contributed by atoms with Crippen molar-refractivity contribution in [3.63, 3.8) is 0 Å². The van der Waals surface area contributed by atoms with Gasteiger partial charge in [0.15, 0.2) is 5.78 Å². The number of carboxylic acid groups (broad SMARTS) is 2. The number of para-hydroxylation sites is 1. The topological polar surface area (TPSA) is 150 Å². The number of carbonyl (C=O) groups is 5. The average Bonchev–Trinajstić information content (AvgIpc) is 3.50. The summed E-state index contributed by atoms with van der Waals surface area (Å²) >= 11 is 0.972. The summed E-state index contributed by atoms with van der Waals surface area (Å²) in [7, 11) is 3.10. The molecule has 0 saturated carbocycles. The molecule has 1 aliphatic rings. The van der Waals surface area contributed by atoms with Crippen LogP contribution in [0.25, 0.3) is 10.9 Å². The third-order valence-electron chi connectivity index (χ3n) is 5.56. The van der Waals surface area contributed by atoms with Gasteiger partial charge < -0.3 is 19.4 Å². The van der Waals surface area contributed by atoms with Crippen LogP contribution in [0, 0.1) is 5.92 Å². The number of aliphatic carboxylic acids is 2. The molecular formula is C24H21F3N4O7S. The van der Waals surface area contributed by atoms with Gasteiger partial charge in [-0.1, -0.05) is 18.2 Å². The van der Waals surface area contributed by atoms with E-state index >= 15 is 0 Å². The van der Waals surface area contributed by atoms with Crippen LogP contribution in [0.1, 0.15) is 10.4 Å². The first kappa shape index (κ1) is 29.2. The largest absolute Gasteiger partial charge is 0.473 e. The number of rotatable bonds is 4. The maximum absolute atomic E-state index is 13.6. The second kappa shape index (κ2) is 11.6. The number of ketones is 2. The highest BCUT2D eigenvalue weighted by Gasteiger charge is 2.54. The second-order valence-corrected chi connectivity index (χ2v) is 9.31. The summed E-state index contributed by atoms with van der Waals surface area (Å²) in [6, 6.07) is 7.56. The van der Waals surface area contributed by atoms with Crippen LogP contribution in [0.15, 0.2) is 55.0 Å². The van der Waals surface area contributed by atoms with Gasteiger partial charge in [-0.15, -0.1) is 0 Å². The number of aromatic nitrogens is 2. The van der Waals surface area contributed by atoms with Crippen molar-refractivity contribution in [2.24, 2.45) is 5.92 Å².